The summed E-state index contributed by atoms with van der Waals surface area (Å²) < 4.78 is 41.2. The molecule has 3 aromatic rings. The van der Waals surface area contributed by atoms with Crippen molar-refractivity contribution in [3.63, 3.8) is 0 Å². The van der Waals surface area contributed by atoms with Crippen LogP contribution in [0.4, 0.5) is 13.2 Å². The lowest BCUT2D eigenvalue weighted by atomic mass is 9.91. The quantitative estimate of drug-likeness (QED) is 0.533. The first-order chi connectivity index (χ1) is 13.7. The normalized spacial score (nSPS) is 11.3. The summed E-state index contributed by atoms with van der Waals surface area (Å²) in [5.74, 6) is -1.89. The Morgan fingerprint density at radius 1 is 0.966 bits per heavy atom. The lowest BCUT2D eigenvalue weighted by Gasteiger charge is -2.15. The number of carbonyl (C=O) groups is 1. The SMILES string of the molecule is CCc1cc(-c2ccc(OC(F)(F)F)cc2C(=O)O)ccc1-c1cccc(C)c1. The number of rotatable bonds is 5. The predicted octanol–water partition coefficient (Wildman–Crippen LogP) is 6.49. The maximum Gasteiger partial charge on any atom is 0.573 e. The molecule has 6 heteroatoms. The van der Waals surface area contributed by atoms with Gasteiger partial charge in [0, 0.05) is 0 Å². The third-order valence-corrected chi connectivity index (χ3v) is 4.58. The summed E-state index contributed by atoms with van der Waals surface area (Å²) in [5, 5.41) is 9.50. The Labute approximate surface area is 166 Å². The van der Waals surface area contributed by atoms with E-state index in [4.69, 9.17) is 0 Å². The standard InChI is InChI=1S/C23H19F3O3/c1-3-15-12-17(7-9-19(15)16-6-4-5-14(2)11-16)20-10-8-18(29-23(24,25)26)13-21(20)22(27)28/h4-13H,3H2,1-2H3,(H,27,28). The largest absolute Gasteiger partial charge is 0.573 e. The Morgan fingerprint density at radius 3 is 2.28 bits per heavy atom. The minimum Gasteiger partial charge on any atom is -0.478 e. The van der Waals surface area contributed by atoms with Gasteiger partial charge in [-0.3, -0.25) is 0 Å². The maximum absolute atomic E-state index is 12.5. The molecule has 0 aromatic heterocycles. The molecule has 3 rings (SSSR count). The first-order valence-electron chi connectivity index (χ1n) is 9.01. The number of alkyl halides is 3. The molecule has 0 heterocycles. The second-order valence-electron chi connectivity index (χ2n) is 6.66. The maximum atomic E-state index is 12.5. The fraction of sp³-hybridized carbons (Fsp3) is 0.174. The molecule has 0 unspecified atom stereocenters. The number of ether oxygens (including phenoxy) is 1. The molecule has 3 nitrogen and oxygen atoms in total. The monoisotopic (exact) mass is 400 g/mol. The van der Waals surface area contributed by atoms with Crippen LogP contribution in [0.15, 0.2) is 60.7 Å². The highest BCUT2D eigenvalue weighted by Crippen LogP contribution is 2.34. The lowest BCUT2D eigenvalue weighted by molar-refractivity contribution is -0.274. The van der Waals surface area contributed by atoms with E-state index in [1.807, 2.05) is 44.2 Å². The van der Waals surface area contributed by atoms with E-state index in [1.54, 1.807) is 6.07 Å². The molecule has 1 N–H and O–H groups in total. The number of benzene rings is 3. The van der Waals surface area contributed by atoms with Crippen molar-refractivity contribution in [2.75, 3.05) is 0 Å². The molecular formula is C23H19F3O3. The van der Waals surface area contributed by atoms with Crippen LogP contribution in [0.5, 0.6) is 5.75 Å². The summed E-state index contributed by atoms with van der Waals surface area (Å²) in [6.07, 6.45) is -4.17. The van der Waals surface area contributed by atoms with Gasteiger partial charge in [0.25, 0.3) is 0 Å². The number of halogens is 3. The van der Waals surface area contributed by atoms with Crippen LogP contribution in [-0.4, -0.2) is 17.4 Å². The van der Waals surface area contributed by atoms with Gasteiger partial charge >= 0.3 is 12.3 Å². The topological polar surface area (TPSA) is 46.5 Å². The van der Waals surface area contributed by atoms with E-state index in [9.17, 15) is 23.1 Å². The van der Waals surface area contributed by atoms with Crippen molar-refractivity contribution in [3.05, 3.63) is 77.4 Å². The molecule has 150 valence electrons. The molecule has 0 aliphatic carbocycles. The molecule has 0 fully saturated rings. The highest BCUT2D eigenvalue weighted by Gasteiger charge is 2.31. The molecule has 0 amide bonds. The third-order valence-electron chi connectivity index (χ3n) is 4.58. The van der Waals surface area contributed by atoms with Gasteiger partial charge < -0.3 is 9.84 Å². The fourth-order valence-corrected chi connectivity index (χ4v) is 3.30. The first-order valence-corrected chi connectivity index (χ1v) is 9.01. The second-order valence-corrected chi connectivity index (χ2v) is 6.66. The van der Waals surface area contributed by atoms with Crippen LogP contribution < -0.4 is 4.74 Å². The summed E-state index contributed by atoms with van der Waals surface area (Å²) in [4.78, 5) is 11.7. The first kappa shape index (κ1) is 20.5. The molecule has 0 spiro atoms. The van der Waals surface area contributed by atoms with Crippen molar-refractivity contribution in [3.8, 4) is 28.0 Å². The summed E-state index contributed by atoms with van der Waals surface area (Å²) in [7, 11) is 0. The van der Waals surface area contributed by atoms with Crippen LogP contribution in [0.25, 0.3) is 22.3 Å². The van der Waals surface area contributed by atoms with Gasteiger partial charge in [0.05, 0.1) is 5.56 Å². The molecule has 29 heavy (non-hydrogen) atoms. The Morgan fingerprint density at radius 2 is 1.66 bits per heavy atom. The van der Waals surface area contributed by atoms with Crippen molar-refractivity contribution < 1.29 is 27.8 Å². The van der Waals surface area contributed by atoms with Crippen LogP contribution in [0.2, 0.25) is 0 Å². The van der Waals surface area contributed by atoms with E-state index in [2.05, 4.69) is 10.8 Å². The summed E-state index contributed by atoms with van der Waals surface area (Å²) in [6.45, 7) is 4.00. The van der Waals surface area contributed by atoms with E-state index >= 15 is 0 Å². The van der Waals surface area contributed by atoms with Crippen molar-refractivity contribution >= 4 is 5.97 Å². The fourth-order valence-electron chi connectivity index (χ4n) is 3.30. The van der Waals surface area contributed by atoms with E-state index < -0.39 is 18.1 Å². The minimum atomic E-state index is -4.89. The number of carboxylic acids is 1. The Bertz CT molecular complexity index is 1060. The molecule has 0 radical (unpaired) electrons. The Hall–Kier alpha value is -3.28. The zero-order valence-electron chi connectivity index (χ0n) is 15.9. The smallest absolute Gasteiger partial charge is 0.478 e. The molecule has 0 atom stereocenters. The van der Waals surface area contributed by atoms with E-state index in [-0.39, 0.29) is 5.56 Å². The van der Waals surface area contributed by atoms with Gasteiger partial charge in [0.1, 0.15) is 5.75 Å². The molecule has 0 saturated carbocycles. The van der Waals surface area contributed by atoms with E-state index in [0.29, 0.717) is 11.1 Å². The predicted molar refractivity (Wildman–Crippen MR) is 105 cm³/mol. The minimum absolute atomic E-state index is 0.253. The highest BCUT2D eigenvalue weighted by molar-refractivity contribution is 5.97. The number of carboxylic acid groups (broad SMARTS) is 1. The highest BCUT2D eigenvalue weighted by atomic mass is 19.4. The van der Waals surface area contributed by atoms with Crippen molar-refractivity contribution in [1.82, 2.24) is 0 Å². The van der Waals surface area contributed by atoms with E-state index in [1.165, 1.54) is 6.07 Å². The lowest BCUT2D eigenvalue weighted by Crippen LogP contribution is -2.17. The number of aromatic carboxylic acids is 1. The summed E-state index contributed by atoms with van der Waals surface area (Å²) in [6, 6.07) is 17.0. The second kappa shape index (κ2) is 7.99. The Kier molecular flexibility index (Phi) is 5.64. The van der Waals surface area contributed by atoms with Gasteiger partial charge in [-0.15, -0.1) is 13.2 Å². The van der Waals surface area contributed by atoms with Crippen LogP contribution in [-0.2, 0) is 6.42 Å². The van der Waals surface area contributed by atoms with Gasteiger partial charge in [0.2, 0.25) is 0 Å². The van der Waals surface area contributed by atoms with Crippen LogP contribution in [0.1, 0.15) is 28.4 Å². The Balaban J connectivity index is 2.07. The van der Waals surface area contributed by atoms with Gasteiger partial charge in [-0.05, 0) is 59.4 Å². The number of hydrogen-bond acceptors (Lipinski definition) is 2. The molecule has 0 aliphatic heterocycles. The van der Waals surface area contributed by atoms with Gasteiger partial charge in [-0.25, -0.2) is 4.79 Å². The molecule has 0 aliphatic rings. The third kappa shape index (κ3) is 4.77. The van der Waals surface area contributed by atoms with E-state index in [0.717, 1.165) is 40.8 Å². The van der Waals surface area contributed by atoms with Crippen molar-refractivity contribution in [2.45, 2.75) is 26.6 Å². The summed E-state index contributed by atoms with van der Waals surface area (Å²) in [5.41, 5.74) is 4.93. The number of hydrogen-bond donors (Lipinski definition) is 1. The molecule has 3 aromatic carbocycles. The van der Waals surface area contributed by atoms with Gasteiger partial charge in [-0.2, -0.15) is 0 Å². The van der Waals surface area contributed by atoms with Crippen molar-refractivity contribution in [1.29, 1.82) is 0 Å². The summed E-state index contributed by atoms with van der Waals surface area (Å²) >= 11 is 0. The van der Waals surface area contributed by atoms with Gasteiger partial charge in [-0.1, -0.05) is 55.0 Å². The number of aryl methyl sites for hydroxylation is 2. The van der Waals surface area contributed by atoms with Crippen LogP contribution >= 0.6 is 0 Å². The average Bonchev–Trinajstić information content (AvgIpc) is 2.66. The zero-order valence-corrected chi connectivity index (χ0v) is 15.9. The average molecular weight is 400 g/mol. The molecular weight excluding hydrogens is 381 g/mol. The van der Waals surface area contributed by atoms with Crippen LogP contribution in [0.3, 0.4) is 0 Å². The molecule has 0 saturated heterocycles. The van der Waals surface area contributed by atoms with Crippen LogP contribution in [0, 0.1) is 6.92 Å². The van der Waals surface area contributed by atoms with Crippen molar-refractivity contribution in [2.24, 2.45) is 0 Å². The molecule has 0 bridgehead atoms. The zero-order chi connectivity index (χ0) is 21.2. The van der Waals surface area contributed by atoms with Gasteiger partial charge in [0.15, 0.2) is 0 Å².